The number of carboxylic acid groups (broad SMARTS) is 1. The van der Waals surface area contributed by atoms with Gasteiger partial charge in [0, 0.05) is 6.54 Å². The van der Waals surface area contributed by atoms with Gasteiger partial charge in [-0.05, 0) is 18.6 Å². The Bertz CT molecular complexity index is 519. The van der Waals surface area contributed by atoms with Crippen LogP contribution in [0.4, 0.5) is 8.78 Å². The predicted molar refractivity (Wildman–Crippen MR) is 66.7 cm³/mol. The second kappa shape index (κ2) is 6.83. The molecular weight excluding hydrogens is 272 g/mol. The molecule has 0 atom stereocenters. The van der Waals surface area contributed by atoms with E-state index in [1.807, 2.05) is 0 Å². The van der Waals surface area contributed by atoms with Crippen LogP contribution in [-0.4, -0.2) is 42.1 Å². The van der Waals surface area contributed by atoms with Crippen molar-refractivity contribution >= 4 is 11.9 Å². The number of aliphatic carboxylic acids is 1. The van der Waals surface area contributed by atoms with Crippen LogP contribution >= 0.6 is 0 Å². The molecule has 1 amide bonds. The highest BCUT2D eigenvalue weighted by Gasteiger charge is 2.26. The maximum atomic E-state index is 13.8. The molecule has 0 aliphatic heterocycles. The van der Waals surface area contributed by atoms with E-state index in [1.165, 1.54) is 0 Å². The fraction of sp³-hybridized carbons (Fsp3) is 0.385. The molecule has 1 rings (SSSR count). The maximum absolute atomic E-state index is 13.8. The van der Waals surface area contributed by atoms with Gasteiger partial charge in [-0.25, -0.2) is 8.78 Å². The smallest absolute Gasteiger partial charge is 0.323 e. The third kappa shape index (κ3) is 3.43. The molecule has 1 aromatic carbocycles. The Morgan fingerprint density at radius 3 is 2.40 bits per heavy atom. The minimum Gasteiger partial charge on any atom is -0.493 e. The number of halogens is 2. The van der Waals surface area contributed by atoms with E-state index >= 15 is 0 Å². The molecule has 1 N–H and O–H groups in total. The van der Waals surface area contributed by atoms with E-state index < -0.39 is 41.4 Å². The Morgan fingerprint density at radius 1 is 1.30 bits per heavy atom. The van der Waals surface area contributed by atoms with Crippen molar-refractivity contribution in [3.8, 4) is 5.75 Å². The highest BCUT2D eigenvalue weighted by molar-refractivity contribution is 5.98. The molecule has 0 aliphatic rings. The molecule has 0 fully saturated rings. The van der Waals surface area contributed by atoms with Crippen LogP contribution < -0.4 is 4.74 Å². The maximum Gasteiger partial charge on any atom is 0.323 e. The predicted octanol–water partition coefficient (Wildman–Crippen LogP) is 1.91. The Labute approximate surface area is 114 Å². The van der Waals surface area contributed by atoms with Crippen LogP contribution in [0.5, 0.6) is 5.75 Å². The first-order valence-corrected chi connectivity index (χ1v) is 5.95. The van der Waals surface area contributed by atoms with E-state index in [4.69, 9.17) is 9.84 Å². The lowest BCUT2D eigenvalue weighted by Crippen LogP contribution is -2.37. The van der Waals surface area contributed by atoms with Gasteiger partial charge in [0.1, 0.15) is 17.9 Å². The summed E-state index contributed by atoms with van der Waals surface area (Å²) in [6.45, 7) is 1.26. The summed E-state index contributed by atoms with van der Waals surface area (Å²) >= 11 is 0. The average molecular weight is 287 g/mol. The van der Waals surface area contributed by atoms with Crippen molar-refractivity contribution in [1.29, 1.82) is 0 Å². The van der Waals surface area contributed by atoms with Crippen LogP contribution in [0, 0.1) is 11.6 Å². The van der Waals surface area contributed by atoms with Crippen LogP contribution in [0.3, 0.4) is 0 Å². The molecule has 0 aliphatic carbocycles. The molecule has 0 radical (unpaired) electrons. The third-order valence-electron chi connectivity index (χ3n) is 2.58. The summed E-state index contributed by atoms with van der Waals surface area (Å²) in [7, 11) is 1.11. The van der Waals surface area contributed by atoms with Gasteiger partial charge in [-0.1, -0.05) is 6.92 Å². The number of methoxy groups -OCH3 is 1. The van der Waals surface area contributed by atoms with E-state index in [9.17, 15) is 18.4 Å². The molecule has 0 unspecified atom stereocenters. The van der Waals surface area contributed by atoms with Crippen molar-refractivity contribution in [2.75, 3.05) is 20.2 Å². The number of carboxylic acids is 1. The summed E-state index contributed by atoms with van der Waals surface area (Å²) in [5.41, 5.74) is -0.595. The standard InChI is InChI=1S/C13H15F2NO4/c1-3-6-16(7-10(17)18)13(19)11-8(14)4-5-9(15)12(11)20-2/h4-5H,3,6-7H2,1-2H3,(H,17,18). The molecule has 7 heteroatoms. The lowest BCUT2D eigenvalue weighted by molar-refractivity contribution is -0.137. The van der Waals surface area contributed by atoms with Gasteiger partial charge in [-0.15, -0.1) is 0 Å². The number of carbonyl (C=O) groups excluding carboxylic acids is 1. The second-order valence-corrected chi connectivity index (χ2v) is 4.06. The van der Waals surface area contributed by atoms with Crippen molar-refractivity contribution < 1.29 is 28.2 Å². The zero-order chi connectivity index (χ0) is 15.3. The number of hydrogen-bond acceptors (Lipinski definition) is 3. The number of rotatable bonds is 6. The quantitative estimate of drug-likeness (QED) is 0.868. The Morgan fingerprint density at radius 2 is 1.90 bits per heavy atom. The first-order chi connectivity index (χ1) is 9.42. The van der Waals surface area contributed by atoms with Gasteiger partial charge < -0.3 is 14.7 Å². The van der Waals surface area contributed by atoms with Gasteiger partial charge in [0.25, 0.3) is 5.91 Å². The molecule has 0 aromatic heterocycles. The van der Waals surface area contributed by atoms with Crippen molar-refractivity contribution in [3.63, 3.8) is 0 Å². The Kier molecular flexibility index (Phi) is 5.42. The third-order valence-corrected chi connectivity index (χ3v) is 2.58. The first kappa shape index (κ1) is 15.9. The lowest BCUT2D eigenvalue weighted by Gasteiger charge is -2.21. The van der Waals surface area contributed by atoms with E-state index in [0.29, 0.717) is 6.42 Å². The summed E-state index contributed by atoms with van der Waals surface area (Å²) in [4.78, 5) is 23.9. The minimum atomic E-state index is -1.23. The summed E-state index contributed by atoms with van der Waals surface area (Å²) in [6.07, 6.45) is 0.484. The van der Waals surface area contributed by atoms with E-state index in [2.05, 4.69) is 0 Å². The molecule has 0 saturated heterocycles. The Balaban J connectivity index is 3.23. The molecule has 0 saturated carbocycles. The molecule has 5 nitrogen and oxygen atoms in total. The van der Waals surface area contributed by atoms with Crippen LogP contribution in [0.2, 0.25) is 0 Å². The van der Waals surface area contributed by atoms with E-state index in [0.717, 1.165) is 24.1 Å². The zero-order valence-corrected chi connectivity index (χ0v) is 11.2. The summed E-state index contributed by atoms with van der Waals surface area (Å²) in [6, 6.07) is 1.64. The van der Waals surface area contributed by atoms with Gasteiger partial charge in [0.05, 0.1) is 7.11 Å². The Hall–Kier alpha value is -2.18. The molecule has 1 aromatic rings. The normalized spacial score (nSPS) is 10.2. The van der Waals surface area contributed by atoms with Crippen LogP contribution in [-0.2, 0) is 4.79 Å². The monoisotopic (exact) mass is 287 g/mol. The van der Waals surface area contributed by atoms with E-state index in [1.54, 1.807) is 6.92 Å². The molecular formula is C13H15F2NO4. The van der Waals surface area contributed by atoms with Gasteiger partial charge in [-0.3, -0.25) is 9.59 Å². The van der Waals surface area contributed by atoms with E-state index in [-0.39, 0.29) is 6.54 Å². The minimum absolute atomic E-state index is 0.115. The molecule has 0 bridgehead atoms. The van der Waals surface area contributed by atoms with Crippen LogP contribution in [0.25, 0.3) is 0 Å². The van der Waals surface area contributed by atoms with Gasteiger partial charge >= 0.3 is 5.97 Å². The number of carbonyl (C=O) groups is 2. The lowest BCUT2D eigenvalue weighted by atomic mass is 10.1. The molecule has 20 heavy (non-hydrogen) atoms. The van der Waals surface area contributed by atoms with Gasteiger partial charge in [0.2, 0.25) is 0 Å². The van der Waals surface area contributed by atoms with Gasteiger partial charge in [0.15, 0.2) is 11.6 Å². The second-order valence-electron chi connectivity index (χ2n) is 4.06. The fourth-order valence-corrected chi connectivity index (χ4v) is 1.78. The average Bonchev–Trinajstić information content (AvgIpc) is 2.39. The fourth-order valence-electron chi connectivity index (χ4n) is 1.78. The number of hydrogen-bond donors (Lipinski definition) is 1. The highest BCUT2D eigenvalue weighted by Crippen LogP contribution is 2.26. The SMILES string of the molecule is CCCN(CC(=O)O)C(=O)c1c(F)ccc(F)c1OC. The van der Waals surface area contributed by atoms with Crippen molar-refractivity contribution in [2.24, 2.45) is 0 Å². The van der Waals surface area contributed by atoms with Crippen LogP contribution in [0.15, 0.2) is 12.1 Å². The summed E-state index contributed by atoms with van der Waals surface area (Å²) < 4.78 is 32.0. The van der Waals surface area contributed by atoms with Crippen LogP contribution in [0.1, 0.15) is 23.7 Å². The number of amides is 1. The zero-order valence-electron chi connectivity index (χ0n) is 11.2. The molecule has 110 valence electrons. The highest BCUT2D eigenvalue weighted by atomic mass is 19.1. The molecule has 0 heterocycles. The summed E-state index contributed by atoms with van der Waals surface area (Å²) in [5.74, 6) is -4.52. The topological polar surface area (TPSA) is 66.8 Å². The van der Waals surface area contributed by atoms with Crippen molar-refractivity contribution in [2.45, 2.75) is 13.3 Å². The summed E-state index contributed by atoms with van der Waals surface area (Å²) in [5, 5.41) is 8.76. The largest absolute Gasteiger partial charge is 0.493 e. The molecule has 0 spiro atoms. The van der Waals surface area contributed by atoms with Crippen molar-refractivity contribution in [3.05, 3.63) is 29.3 Å². The number of nitrogens with zero attached hydrogens (tertiary/aromatic N) is 1. The first-order valence-electron chi connectivity index (χ1n) is 5.95. The van der Waals surface area contributed by atoms with Gasteiger partial charge in [-0.2, -0.15) is 0 Å². The number of benzene rings is 1. The number of ether oxygens (including phenoxy) is 1. The van der Waals surface area contributed by atoms with Crippen molar-refractivity contribution in [1.82, 2.24) is 4.90 Å².